The second-order valence-corrected chi connectivity index (χ2v) is 7.31. The van der Waals surface area contributed by atoms with Gasteiger partial charge in [-0.15, -0.1) is 10.2 Å². The number of thioether (sulfide) groups is 1. The van der Waals surface area contributed by atoms with Crippen LogP contribution in [0.1, 0.15) is 13.8 Å². The Morgan fingerprint density at radius 3 is 2.83 bits per heavy atom. The fourth-order valence-electron chi connectivity index (χ4n) is 1.54. The van der Waals surface area contributed by atoms with Crippen LogP contribution in [0, 0.1) is 17.6 Å². The molecule has 2 rings (SSSR count). The standard InChI is InChI=1S/C14H16F2N4OS2/c1-8(2)6-17-13-19-20-14(23-13)22-7-12(21)18-11-4-3-9(15)5-10(11)16/h3-5,8H,6-7H2,1-2H3,(H,17,19)(H,18,21). The number of halogens is 2. The summed E-state index contributed by atoms with van der Waals surface area (Å²) >= 11 is 2.56. The molecule has 1 aromatic heterocycles. The zero-order valence-electron chi connectivity index (χ0n) is 12.6. The highest BCUT2D eigenvalue weighted by molar-refractivity contribution is 8.01. The van der Waals surface area contributed by atoms with Crippen LogP contribution in [-0.2, 0) is 4.79 Å². The molecular formula is C14H16F2N4OS2. The van der Waals surface area contributed by atoms with Crippen molar-refractivity contribution in [2.45, 2.75) is 18.2 Å². The second kappa shape index (κ2) is 8.21. The summed E-state index contributed by atoms with van der Waals surface area (Å²) in [5.41, 5.74) is -0.0476. The van der Waals surface area contributed by atoms with Crippen molar-refractivity contribution in [1.29, 1.82) is 0 Å². The molecule has 0 spiro atoms. The van der Waals surface area contributed by atoms with Crippen LogP contribution >= 0.6 is 23.1 Å². The largest absolute Gasteiger partial charge is 0.360 e. The smallest absolute Gasteiger partial charge is 0.234 e. The van der Waals surface area contributed by atoms with Crippen molar-refractivity contribution in [2.24, 2.45) is 5.92 Å². The van der Waals surface area contributed by atoms with Crippen LogP contribution in [0.2, 0.25) is 0 Å². The highest BCUT2D eigenvalue weighted by Crippen LogP contribution is 2.25. The van der Waals surface area contributed by atoms with Gasteiger partial charge in [-0.25, -0.2) is 8.78 Å². The molecule has 2 aromatic rings. The summed E-state index contributed by atoms with van der Waals surface area (Å²) < 4.78 is 26.9. The van der Waals surface area contributed by atoms with E-state index in [1.807, 2.05) is 0 Å². The molecule has 1 amide bonds. The van der Waals surface area contributed by atoms with Crippen molar-refractivity contribution in [3.05, 3.63) is 29.8 Å². The average Bonchev–Trinajstić information content (AvgIpc) is 2.94. The first-order valence-corrected chi connectivity index (χ1v) is 8.69. The molecule has 9 heteroatoms. The van der Waals surface area contributed by atoms with Gasteiger partial charge < -0.3 is 10.6 Å². The molecular weight excluding hydrogens is 342 g/mol. The number of nitrogens with one attached hydrogen (secondary N) is 2. The maximum atomic E-state index is 13.4. The number of anilines is 2. The highest BCUT2D eigenvalue weighted by atomic mass is 32.2. The lowest BCUT2D eigenvalue weighted by molar-refractivity contribution is -0.113. The molecule has 0 saturated carbocycles. The Hall–Kier alpha value is -1.74. The summed E-state index contributed by atoms with van der Waals surface area (Å²) in [5.74, 6) is -1.33. The summed E-state index contributed by atoms with van der Waals surface area (Å²) in [6.07, 6.45) is 0. The highest BCUT2D eigenvalue weighted by Gasteiger charge is 2.11. The van der Waals surface area contributed by atoms with Crippen molar-refractivity contribution in [3.63, 3.8) is 0 Å². The van der Waals surface area contributed by atoms with Gasteiger partial charge >= 0.3 is 0 Å². The Balaban J connectivity index is 1.82. The molecule has 5 nitrogen and oxygen atoms in total. The summed E-state index contributed by atoms with van der Waals surface area (Å²) in [6, 6.07) is 3.00. The van der Waals surface area contributed by atoms with Gasteiger partial charge in [0.1, 0.15) is 11.6 Å². The molecule has 0 atom stereocenters. The molecule has 23 heavy (non-hydrogen) atoms. The van der Waals surface area contributed by atoms with E-state index >= 15 is 0 Å². The van der Waals surface area contributed by atoms with Crippen molar-refractivity contribution in [3.8, 4) is 0 Å². The number of carbonyl (C=O) groups is 1. The summed E-state index contributed by atoms with van der Waals surface area (Å²) in [5, 5.41) is 14.2. The molecule has 0 bridgehead atoms. The van der Waals surface area contributed by atoms with Crippen LogP contribution in [0.15, 0.2) is 22.5 Å². The number of nitrogens with zero attached hydrogens (tertiary/aromatic N) is 2. The maximum absolute atomic E-state index is 13.4. The zero-order chi connectivity index (χ0) is 16.8. The Kier molecular flexibility index (Phi) is 6.28. The van der Waals surface area contributed by atoms with Crippen molar-refractivity contribution >= 4 is 39.8 Å². The molecule has 2 N–H and O–H groups in total. The van der Waals surface area contributed by atoms with Crippen LogP contribution in [0.25, 0.3) is 0 Å². The number of amides is 1. The van der Waals surface area contributed by atoms with Gasteiger partial charge in [-0.1, -0.05) is 36.9 Å². The third-order valence-corrected chi connectivity index (χ3v) is 4.61. The summed E-state index contributed by atoms with van der Waals surface area (Å²) in [6.45, 7) is 4.97. The van der Waals surface area contributed by atoms with Crippen LogP contribution in [0.5, 0.6) is 0 Å². The van der Waals surface area contributed by atoms with Crippen LogP contribution in [-0.4, -0.2) is 28.4 Å². The third kappa shape index (κ3) is 5.76. The molecule has 0 saturated heterocycles. The first kappa shape index (κ1) is 17.6. The van der Waals surface area contributed by atoms with Gasteiger partial charge in [0.05, 0.1) is 11.4 Å². The number of hydrogen-bond donors (Lipinski definition) is 2. The molecule has 0 unspecified atom stereocenters. The van der Waals surface area contributed by atoms with Crippen molar-refractivity contribution in [2.75, 3.05) is 22.9 Å². The van der Waals surface area contributed by atoms with E-state index in [1.165, 1.54) is 29.2 Å². The number of aromatic nitrogens is 2. The molecule has 124 valence electrons. The third-order valence-electron chi connectivity index (χ3n) is 2.60. The van der Waals surface area contributed by atoms with Gasteiger partial charge in [-0.3, -0.25) is 4.79 Å². The predicted octanol–water partition coefficient (Wildman–Crippen LogP) is 3.62. The minimum Gasteiger partial charge on any atom is -0.360 e. The fraction of sp³-hybridized carbons (Fsp3) is 0.357. The minimum atomic E-state index is -0.806. The number of hydrogen-bond acceptors (Lipinski definition) is 6. The summed E-state index contributed by atoms with van der Waals surface area (Å²) in [7, 11) is 0. The molecule has 1 aromatic carbocycles. The molecule has 0 aliphatic heterocycles. The van der Waals surface area contributed by atoms with Gasteiger partial charge in [-0.2, -0.15) is 0 Å². The number of benzene rings is 1. The first-order chi connectivity index (χ1) is 10.9. The molecule has 0 radical (unpaired) electrons. The van der Waals surface area contributed by atoms with E-state index in [9.17, 15) is 13.6 Å². The Labute approximate surface area is 140 Å². The lowest BCUT2D eigenvalue weighted by atomic mass is 10.2. The number of rotatable bonds is 7. The van der Waals surface area contributed by atoms with Crippen molar-refractivity contribution < 1.29 is 13.6 Å². The van der Waals surface area contributed by atoms with E-state index in [1.54, 1.807) is 0 Å². The molecule has 1 heterocycles. The van der Waals surface area contributed by atoms with Gasteiger partial charge in [-0.05, 0) is 18.1 Å². The minimum absolute atomic E-state index is 0.0476. The van der Waals surface area contributed by atoms with Crippen LogP contribution in [0.4, 0.5) is 19.6 Å². The van der Waals surface area contributed by atoms with E-state index < -0.39 is 17.5 Å². The lowest BCUT2D eigenvalue weighted by Gasteiger charge is -2.05. The summed E-state index contributed by atoms with van der Waals surface area (Å²) in [4.78, 5) is 11.8. The maximum Gasteiger partial charge on any atom is 0.234 e. The quantitative estimate of drug-likeness (QED) is 0.740. The predicted molar refractivity (Wildman–Crippen MR) is 88.9 cm³/mol. The van der Waals surface area contributed by atoms with Crippen LogP contribution < -0.4 is 10.6 Å². The average molecular weight is 358 g/mol. The van der Waals surface area contributed by atoms with Crippen LogP contribution in [0.3, 0.4) is 0 Å². The Morgan fingerprint density at radius 1 is 1.35 bits per heavy atom. The molecule has 0 fully saturated rings. The van der Waals surface area contributed by atoms with Crippen molar-refractivity contribution in [1.82, 2.24) is 10.2 Å². The van der Waals surface area contributed by atoms with Gasteiger partial charge in [0.25, 0.3) is 0 Å². The van der Waals surface area contributed by atoms with E-state index in [4.69, 9.17) is 0 Å². The monoisotopic (exact) mass is 358 g/mol. The molecule has 0 aliphatic rings. The zero-order valence-corrected chi connectivity index (χ0v) is 14.2. The fourth-order valence-corrected chi connectivity index (χ4v) is 3.09. The van der Waals surface area contributed by atoms with E-state index in [0.29, 0.717) is 15.4 Å². The first-order valence-electron chi connectivity index (χ1n) is 6.89. The second-order valence-electron chi connectivity index (χ2n) is 5.11. The SMILES string of the molecule is CC(C)CNc1nnc(SCC(=O)Nc2ccc(F)cc2F)s1. The van der Waals surface area contributed by atoms with E-state index in [2.05, 4.69) is 34.7 Å². The number of carbonyl (C=O) groups excluding carboxylic acids is 1. The van der Waals surface area contributed by atoms with E-state index in [-0.39, 0.29) is 11.4 Å². The van der Waals surface area contributed by atoms with Gasteiger partial charge in [0, 0.05) is 12.6 Å². The van der Waals surface area contributed by atoms with Gasteiger partial charge in [0.15, 0.2) is 4.34 Å². The lowest BCUT2D eigenvalue weighted by Crippen LogP contribution is -2.15. The van der Waals surface area contributed by atoms with E-state index in [0.717, 1.165) is 18.7 Å². The Bertz CT molecular complexity index is 679. The topological polar surface area (TPSA) is 66.9 Å². The van der Waals surface area contributed by atoms with Gasteiger partial charge in [0.2, 0.25) is 11.0 Å². The Morgan fingerprint density at radius 2 is 2.13 bits per heavy atom. The normalized spacial score (nSPS) is 10.8. The molecule has 0 aliphatic carbocycles.